The molecule has 0 aliphatic carbocycles. The van der Waals surface area contributed by atoms with Gasteiger partial charge in [-0.3, -0.25) is 14.4 Å². The number of unbranched alkanes of at least 4 members (excludes halogenated alkanes) is 32. The molecule has 0 unspecified atom stereocenters. The highest BCUT2D eigenvalue weighted by Gasteiger charge is 2.19. The zero-order valence-corrected chi connectivity index (χ0v) is 41.4. The van der Waals surface area contributed by atoms with Crippen LogP contribution in [0, 0.1) is 0 Å². The number of allylic oxidation sites excluding steroid dienone is 6. The Morgan fingerprint density at radius 2 is 0.597 bits per heavy atom. The summed E-state index contributed by atoms with van der Waals surface area (Å²) in [6.07, 6.45) is 59.8. The first-order valence-electron chi connectivity index (χ1n) is 27.0. The summed E-state index contributed by atoms with van der Waals surface area (Å²) in [6, 6.07) is 0. The summed E-state index contributed by atoms with van der Waals surface area (Å²) in [6.45, 7) is 6.59. The quantitative estimate of drug-likeness (QED) is 0.0262. The zero-order valence-electron chi connectivity index (χ0n) is 41.4. The maximum atomic E-state index is 12.8. The first-order valence-corrected chi connectivity index (χ1v) is 27.0. The minimum absolute atomic E-state index is 0.0773. The van der Waals surface area contributed by atoms with Gasteiger partial charge in [0, 0.05) is 19.3 Å². The maximum Gasteiger partial charge on any atom is 0.306 e. The number of carbonyl (C=O) groups excluding carboxylic acids is 3. The van der Waals surface area contributed by atoms with Gasteiger partial charge >= 0.3 is 17.9 Å². The number of carbonyl (C=O) groups is 3. The van der Waals surface area contributed by atoms with Gasteiger partial charge in [0.2, 0.25) is 0 Å². The van der Waals surface area contributed by atoms with E-state index in [1.165, 1.54) is 154 Å². The van der Waals surface area contributed by atoms with Gasteiger partial charge in [0.05, 0.1) is 0 Å². The maximum absolute atomic E-state index is 12.8. The Morgan fingerprint density at radius 1 is 0.323 bits per heavy atom. The highest BCUT2D eigenvalue weighted by Crippen LogP contribution is 2.16. The lowest BCUT2D eigenvalue weighted by molar-refractivity contribution is -0.167. The number of hydrogen-bond donors (Lipinski definition) is 0. The van der Waals surface area contributed by atoms with E-state index in [9.17, 15) is 14.4 Å². The summed E-state index contributed by atoms with van der Waals surface area (Å²) in [7, 11) is 0. The third-order valence-electron chi connectivity index (χ3n) is 11.9. The summed E-state index contributed by atoms with van der Waals surface area (Å²) < 4.78 is 16.8. The Balaban J connectivity index is 4.35. The van der Waals surface area contributed by atoms with Gasteiger partial charge in [-0.1, -0.05) is 231 Å². The van der Waals surface area contributed by atoms with Crippen molar-refractivity contribution in [2.75, 3.05) is 13.2 Å². The second-order valence-corrected chi connectivity index (χ2v) is 18.1. The fraction of sp³-hybridized carbons (Fsp3) is 0.839. The monoisotopic (exact) mass is 871 g/mol. The lowest BCUT2D eigenvalue weighted by atomic mass is 10.0. The van der Waals surface area contributed by atoms with Crippen LogP contribution in [0.3, 0.4) is 0 Å². The van der Waals surface area contributed by atoms with Gasteiger partial charge in [-0.05, 0) is 70.6 Å². The van der Waals surface area contributed by atoms with Gasteiger partial charge in [-0.25, -0.2) is 0 Å². The summed E-state index contributed by atoms with van der Waals surface area (Å²) in [5, 5.41) is 0. The second-order valence-electron chi connectivity index (χ2n) is 18.1. The average Bonchev–Trinajstić information content (AvgIpc) is 3.27. The van der Waals surface area contributed by atoms with E-state index < -0.39 is 6.10 Å². The highest BCUT2D eigenvalue weighted by molar-refractivity contribution is 5.71. The van der Waals surface area contributed by atoms with E-state index in [2.05, 4.69) is 57.2 Å². The van der Waals surface area contributed by atoms with E-state index in [0.717, 1.165) is 89.9 Å². The molecule has 0 heterocycles. The van der Waals surface area contributed by atoms with Crippen molar-refractivity contribution in [3.05, 3.63) is 36.5 Å². The molecule has 1 atom stereocenters. The minimum atomic E-state index is -0.779. The third kappa shape index (κ3) is 48.7. The predicted molar refractivity (Wildman–Crippen MR) is 266 cm³/mol. The van der Waals surface area contributed by atoms with Crippen molar-refractivity contribution in [2.45, 2.75) is 290 Å². The Hall–Kier alpha value is -2.37. The minimum Gasteiger partial charge on any atom is -0.462 e. The molecular formula is C56H102O6. The predicted octanol–water partition coefficient (Wildman–Crippen LogP) is 17.7. The summed E-state index contributed by atoms with van der Waals surface area (Å²) in [5.41, 5.74) is 0. The van der Waals surface area contributed by atoms with Gasteiger partial charge < -0.3 is 14.2 Å². The fourth-order valence-corrected chi connectivity index (χ4v) is 7.75. The van der Waals surface area contributed by atoms with Crippen LogP contribution in [0.2, 0.25) is 0 Å². The van der Waals surface area contributed by atoms with Crippen LogP contribution in [0.5, 0.6) is 0 Å². The van der Waals surface area contributed by atoms with Crippen LogP contribution in [-0.4, -0.2) is 37.2 Å². The number of hydrogen-bond acceptors (Lipinski definition) is 6. The lowest BCUT2D eigenvalue weighted by Crippen LogP contribution is -2.30. The van der Waals surface area contributed by atoms with Crippen molar-refractivity contribution >= 4 is 17.9 Å². The standard InChI is InChI=1S/C56H102O6/c1-4-7-10-13-16-19-22-25-27-28-29-32-34-37-40-43-46-49-55(58)61-52-53(51-60-54(57)48-45-42-39-36-33-30-24-21-18-15-12-9-6-3)62-56(59)50-47-44-41-38-35-31-26-23-20-17-14-11-8-5-2/h14,17,21,23-24,26,53H,4-13,15-16,18-20,22,25,27-52H2,1-3H3/b17-14+,24-21+,26-23+/t53-/m1/s1. The Morgan fingerprint density at radius 3 is 0.968 bits per heavy atom. The van der Waals surface area contributed by atoms with Crippen molar-refractivity contribution in [3.63, 3.8) is 0 Å². The van der Waals surface area contributed by atoms with Crippen molar-refractivity contribution in [3.8, 4) is 0 Å². The summed E-state index contributed by atoms with van der Waals surface area (Å²) in [5.74, 6) is -0.888. The Labute approximate surface area is 385 Å². The van der Waals surface area contributed by atoms with E-state index in [1.807, 2.05) is 0 Å². The second kappa shape index (κ2) is 51.3. The first kappa shape index (κ1) is 59.6. The van der Waals surface area contributed by atoms with Crippen LogP contribution in [0.4, 0.5) is 0 Å². The molecule has 6 heteroatoms. The van der Waals surface area contributed by atoms with Crippen molar-refractivity contribution in [2.24, 2.45) is 0 Å². The lowest BCUT2D eigenvalue weighted by Gasteiger charge is -2.18. The molecule has 0 saturated heterocycles. The molecule has 0 amide bonds. The molecule has 0 aromatic heterocycles. The van der Waals surface area contributed by atoms with Crippen LogP contribution < -0.4 is 0 Å². The number of ether oxygens (including phenoxy) is 3. The van der Waals surface area contributed by atoms with E-state index in [4.69, 9.17) is 14.2 Å². The van der Waals surface area contributed by atoms with Gasteiger partial charge in [0.25, 0.3) is 0 Å². The normalized spacial score (nSPS) is 12.2. The Kier molecular flexibility index (Phi) is 49.3. The Bertz CT molecular complexity index is 1050. The van der Waals surface area contributed by atoms with Crippen LogP contribution in [0.25, 0.3) is 0 Å². The van der Waals surface area contributed by atoms with Crippen molar-refractivity contribution in [1.82, 2.24) is 0 Å². The van der Waals surface area contributed by atoms with Gasteiger partial charge in [-0.2, -0.15) is 0 Å². The molecule has 0 rings (SSSR count). The summed E-state index contributed by atoms with van der Waals surface area (Å²) >= 11 is 0. The molecule has 0 fully saturated rings. The molecule has 0 radical (unpaired) electrons. The van der Waals surface area contributed by atoms with Crippen molar-refractivity contribution < 1.29 is 28.6 Å². The highest BCUT2D eigenvalue weighted by atomic mass is 16.6. The van der Waals surface area contributed by atoms with Crippen LogP contribution in [0.15, 0.2) is 36.5 Å². The molecule has 6 nitrogen and oxygen atoms in total. The smallest absolute Gasteiger partial charge is 0.306 e. The van der Waals surface area contributed by atoms with E-state index in [1.54, 1.807) is 0 Å². The topological polar surface area (TPSA) is 78.9 Å². The number of esters is 3. The molecule has 0 aromatic rings. The molecule has 0 saturated carbocycles. The van der Waals surface area contributed by atoms with Crippen LogP contribution >= 0.6 is 0 Å². The molecule has 0 spiro atoms. The van der Waals surface area contributed by atoms with E-state index in [0.29, 0.717) is 19.3 Å². The molecule has 362 valence electrons. The molecule has 0 aromatic carbocycles. The third-order valence-corrected chi connectivity index (χ3v) is 11.9. The molecule has 0 aliphatic rings. The number of rotatable bonds is 49. The van der Waals surface area contributed by atoms with Gasteiger partial charge in [0.1, 0.15) is 13.2 Å². The van der Waals surface area contributed by atoms with Gasteiger partial charge in [0.15, 0.2) is 6.10 Å². The zero-order chi connectivity index (χ0) is 45.1. The van der Waals surface area contributed by atoms with E-state index >= 15 is 0 Å². The van der Waals surface area contributed by atoms with Crippen LogP contribution in [-0.2, 0) is 28.6 Å². The van der Waals surface area contributed by atoms with Crippen LogP contribution in [0.1, 0.15) is 284 Å². The SMILES string of the molecule is CCCC/C=C/C/C=C/CCCCCCCC(=O)O[C@H](COC(=O)CCCCCCC/C=C/CCCCCC)COC(=O)CCCCCCCCCCCCCCCCCCC. The van der Waals surface area contributed by atoms with Crippen molar-refractivity contribution in [1.29, 1.82) is 0 Å². The molecule has 62 heavy (non-hydrogen) atoms. The average molecular weight is 871 g/mol. The van der Waals surface area contributed by atoms with E-state index in [-0.39, 0.29) is 31.1 Å². The van der Waals surface area contributed by atoms with Gasteiger partial charge in [-0.15, -0.1) is 0 Å². The molecule has 0 aliphatic heterocycles. The molecular weight excluding hydrogens is 769 g/mol. The largest absolute Gasteiger partial charge is 0.462 e. The summed E-state index contributed by atoms with van der Waals surface area (Å²) in [4.78, 5) is 38.0. The molecule has 0 N–H and O–H groups in total. The fourth-order valence-electron chi connectivity index (χ4n) is 7.75. The first-order chi connectivity index (χ1) is 30.5. The molecule has 0 bridgehead atoms.